The molecule has 0 N–H and O–H groups in total. The van der Waals surface area contributed by atoms with Crippen molar-refractivity contribution in [1.29, 1.82) is 0 Å². The van der Waals surface area contributed by atoms with Gasteiger partial charge in [0.25, 0.3) is 5.69 Å². The summed E-state index contributed by atoms with van der Waals surface area (Å²) in [6.45, 7) is 8.76. The SMILES string of the molecule is Cc1c(-[n+]2ccccc2C)cc2ccccc2c1-[n+]1cc2ccccc2n1C.Cc1c(-n2cc3ccccc3[n+]2C)cc2ccccc2c1-[n+]1ccccc1C. The molecule has 0 unspecified atom stereocenters. The number of aryl methyl sites for hydroxylation is 4. The Morgan fingerprint density at radius 1 is 0.500 bits per heavy atom. The Labute approximate surface area is 327 Å². The lowest BCUT2D eigenvalue weighted by Crippen LogP contribution is -2.41. The Hall–Kier alpha value is -6.92. The predicted octanol–water partition coefficient (Wildman–Crippen LogP) is 9.00. The van der Waals surface area contributed by atoms with E-state index in [1.807, 2.05) is 0 Å². The third kappa shape index (κ3) is 5.82. The van der Waals surface area contributed by atoms with Crippen LogP contribution in [0.25, 0.3) is 66.1 Å². The van der Waals surface area contributed by atoms with Crippen LogP contribution >= 0.6 is 0 Å². The van der Waals surface area contributed by atoms with Crippen molar-refractivity contribution in [1.82, 2.24) is 9.36 Å². The zero-order valence-electron chi connectivity index (χ0n) is 32.8. The lowest BCUT2D eigenvalue weighted by molar-refractivity contribution is -0.720. The summed E-state index contributed by atoms with van der Waals surface area (Å²) in [6, 6.07) is 51.6. The first-order chi connectivity index (χ1) is 27.3. The molecule has 0 amide bonds. The van der Waals surface area contributed by atoms with E-state index < -0.39 is 0 Å². The minimum atomic E-state index is 1.20. The molecule has 10 rings (SSSR count). The molecule has 0 saturated carbocycles. The fraction of sp³-hybridized carbons (Fsp3) is 0.120. The Morgan fingerprint density at radius 2 is 1.05 bits per heavy atom. The van der Waals surface area contributed by atoms with Gasteiger partial charge in [0.2, 0.25) is 23.1 Å². The molecular formula is C50H46N6+4. The molecule has 272 valence electrons. The highest BCUT2D eigenvalue weighted by atomic mass is 15.4. The zero-order chi connectivity index (χ0) is 38.5. The minimum Gasteiger partial charge on any atom is -0.164 e. The number of hydrogen-bond donors (Lipinski definition) is 0. The molecule has 0 fully saturated rings. The summed E-state index contributed by atoms with van der Waals surface area (Å²) in [4.78, 5) is 0. The van der Waals surface area contributed by atoms with Gasteiger partial charge in [-0.25, -0.2) is 0 Å². The number of benzene rings is 6. The molecule has 56 heavy (non-hydrogen) atoms. The van der Waals surface area contributed by atoms with Crippen LogP contribution in [0, 0.1) is 27.7 Å². The van der Waals surface area contributed by atoms with Crippen LogP contribution in [0.2, 0.25) is 0 Å². The highest BCUT2D eigenvalue weighted by molar-refractivity contribution is 5.93. The van der Waals surface area contributed by atoms with Gasteiger partial charge in [-0.1, -0.05) is 77.5 Å². The van der Waals surface area contributed by atoms with Crippen LogP contribution < -0.4 is 18.5 Å². The molecule has 4 aromatic heterocycles. The van der Waals surface area contributed by atoms with Crippen molar-refractivity contribution >= 4 is 43.4 Å². The Morgan fingerprint density at radius 3 is 1.71 bits per heavy atom. The molecule has 4 heterocycles. The lowest BCUT2D eigenvalue weighted by Gasteiger charge is -2.12. The van der Waals surface area contributed by atoms with E-state index in [0.29, 0.717) is 0 Å². The first-order valence-electron chi connectivity index (χ1n) is 19.2. The van der Waals surface area contributed by atoms with Gasteiger partial charge in [-0.05, 0) is 61.0 Å². The normalized spacial score (nSPS) is 11.4. The third-order valence-electron chi connectivity index (χ3n) is 11.3. The molecule has 10 aromatic rings. The topological polar surface area (TPSA) is 25.4 Å². The van der Waals surface area contributed by atoms with E-state index in [9.17, 15) is 0 Å². The molecule has 0 spiro atoms. The maximum absolute atomic E-state index is 2.30. The average molecular weight is 731 g/mol. The van der Waals surface area contributed by atoms with Crippen molar-refractivity contribution in [3.05, 3.63) is 193 Å². The minimum absolute atomic E-state index is 1.20. The van der Waals surface area contributed by atoms with Crippen molar-refractivity contribution in [3.8, 4) is 22.7 Å². The first-order valence-corrected chi connectivity index (χ1v) is 19.2. The molecule has 0 aliphatic rings. The van der Waals surface area contributed by atoms with Gasteiger partial charge in [0.15, 0.2) is 30.8 Å². The van der Waals surface area contributed by atoms with E-state index >= 15 is 0 Å². The van der Waals surface area contributed by atoms with Crippen LogP contribution in [0.5, 0.6) is 0 Å². The monoisotopic (exact) mass is 730 g/mol. The van der Waals surface area contributed by atoms with Gasteiger partial charge in [0, 0.05) is 50.2 Å². The van der Waals surface area contributed by atoms with Gasteiger partial charge in [-0.3, -0.25) is 0 Å². The van der Waals surface area contributed by atoms with Crippen molar-refractivity contribution < 1.29 is 18.5 Å². The first kappa shape index (κ1) is 34.8. The predicted molar refractivity (Wildman–Crippen MR) is 226 cm³/mol. The van der Waals surface area contributed by atoms with Crippen molar-refractivity contribution in [2.75, 3.05) is 0 Å². The summed E-state index contributed by atoms with van der Waals surface area (Å²) < 4.78 is 13.6. The maximum atomic E-state index is 2.30. The Bertz CT molecular complexity index is 3110. The molecule has 0 radical (unpaired) electrons. The summed E-state index contributed by atoms with van der Waals surface area (Å²) in [5, 5.41) is 7.49. The zero-order valence-corrected chi connectivity index (χ0v) is 32.8. The molecule has 0 aliphatic heterocycles. The molecule has 6 aromatic carbocycles. The number of fused-ring (bicyclic) bond motifs is 4. The maximum Gasteiger partial charge on any atom is 0.253 e. The number of para-hydroxylation sites is 2. The highest BCUT2D eigenvalue weighted by Crippen LogP contribution is 2.30. The van der Waals surface area contributed by atoms with Gasteiger partial charge in [0.1, 0.15) is 11.2 Å². The molecule has 0 atom stereocenters. The summed E-state index contributed by atoms with van der Waals surface area (Å²) in [5.41, 5.74) is 12.3. The summed E-state index contributed by atoms with van der Waals surface area (Å²) in [5.74, 6) is 0. The standard InChI is InChI=1S/2C25H23N3/c1-18-10-8-9-15-27(18)25-19(2)24(16-20-11-4-6-13-22(20)25)28-17-21-12-5-7-14-23(21)26(28)3;1-18-10-8-9-15-27(18)24-16-20-11-4-6-13-22(20)25(19(24)2)28-17-21-12-5-7-14-23(21)26(28)3/h2*4-17H,1-3H3/q2*+2. The van der Waals surface area contributed by atoms with Crippen LogP contribution in [-0.4, -0.2) is 9.36 Å². The second kappa shape index (κ2) is 14.1. The Balaban J connectivity index is 0.000000146. The van der Waals surface area contributed by atoms with Gasteiger partial charge in [0.05, 0.1) is 45.9 Å². The molecular weight excluding hydrogens is 685 g/mol. The van der Waals surface area contributed by atoms with Crippen LogP contribution in [-0.2, 0) is 14.1 Å². The quantitative estimate of drug-likeness (QED) is 0.162. The van der Waals surface area contributed by atoms with Crippen LogP contribution in [0.4, 0.5) is 0 Å². The molecule has 6 nitrogen and oxygen atoms in total. The van der Waals surface area contributed by atoms with E-state index in [4.69, 9.17) is 0 Å². The van der Waals surface area contributed by atoms with Crippen LogP contribution in [0.1, 0.15) is 22.5 Å². The average Bonchev–Trinajstić information content (AvgIpc) is 3.74. The fourth-order valence-electron chi connectivity index (χ4n) is 8.40. The van der Waals surface area contributed by atoms with Crippen LogP contribution in [0.15, 0.2) is 170 Å². The summed E-state index contributed by atoms with van der Waals surface area (Å²) in [6.07, 6.45) is 8.75. The highest BCUT2D eigenvalue weighted by Gasteiger charge is 2.28. The number of pyridine rings is 2. The lowest BCUT2D eigenvalue weighted by atomic mass is 10.0. The number of hydrogen-bond acceptors (Lipinski definition) is 0. The molecule has 6 heteroatoms. The molecule has 0 bridgehead atoms. The number of rotatable bonds is 4. The van der Waals surface area contributed by atoms with E-state index in [0.717, 1.165) is 0 Å². The number of nitrogens with zero attached hydrogens (tertiary/aromatic N) is 6. The van der Waals surface area contributed by atoms with E-state index in [-0.39, 0.29) is 0 Å². The van der Waals surface area contributed by atoms with Crippen molar-refractivity contribution in [2.24, 2.45) is 14.1 Å². The molecule has 0 saturated heterocycles. The number of aromatic nitrogens is 6. The summed E-state index contributed by atoms with van der Waals surface area (Å²) >= 11 is 0. The van der Waals surface area contributed by atoms with E-state index in [1.54, 1.807) is 0 Å². The van der Waals surface area contributed by atoms with Crippen LogP contribution in [0.3, 0.4) is 0 Å². The Kier molecular flexibility index (Phi) is 8.74. The fourth-order valence-corrected chi connectivity index (χ4v) is 8.40. The second-order valence-electron chi connectivity index (χ2n) is 14.7. The van der Waals surface area contributed by atoms with Crippen molar-refractivity contribution in [3.63, 3.8) is 0 Å². The van der Waals surface area contributed by atoms with E-state index in [2.05, 4.69) is 240 Å². The largest absolute Gasteiger partial charge is 0.253 e. The van der Waals surface area contributed by atoms with Gasteiger partial charge < -0.3 is 0 Å². The third-order valence-corrected chi connectivity index (χ3v) is 11.3. The molecule has 0 aliphatic carbocycles. The van der Waals surface area contributed by atoms with Crippen molar-refractivity contribution in [2.45, 2.75) is 27.7 Å². The van der Waals surface area contributed by atoms with Gasteiger partial charge in [-0.15, -0.1) is 9.36 Å². The van der Waals surface area contributed by atoms with Gasteiger partial charge >= 0.3 is 0 Å². The van der Waals surface area contributed by atoms with Gasteiger partial charge in [-0.2, -0.15) is 13.8 Å². The summed E-state index contributed by atoms with van der Waals surface area (Å²) in [7, 11) is 4.25. The van der Waals surface area contributed by atoms with E-state index in [1.165, 1.54) is 88.6 Å². The smallest absolute Gasteiger partial charge is 0.164 e. The second-order valence-corrected chi connectivity index (χ2v) is 14.7.